The zero-order valence-corrected chi connectivity index (χ0v) is 24.7. The summed E-state index contributed by atoms with van der Waals surface area (Å²) in [4.78, 5) is 10.9. The third-order valence-electron chi connectivity index (χ3n) is 5.67. The molecular weight excluding hydrogens is 643 g/mol. The van der Waals surface area contributed by atoms with Gasteiger partial charge < -0.3 is 29.7 Å². The van der Waals surface area contributed by atoms with Crippen molar-refractivity contribution in [1.82, 2.24) is 15.3 Å². The van der Waals surface area contributed by atoms with E-state index in [1.165, 1.54) is 5.56 Å². The van der Waals surface area contributed by atoms with E-state index >= 15 is 0 Å². The zero-order valence-electron chi connectivity index (χ0n) is 22.5. The molecule has 0 aliphatic rings. The first-order valence-corrected chi connectivity index (χ1v) is 11.7. The number of pyridine rings is 2. The molecule has 4 aromatic rings. The molecule has 0 unspecified atom stereocenters. The Hall–Kier alpha value is -3.21. The predicted molar refractivity (Wildman–Crippen MR) is 147 cm³/mol. The third-order valence-corrected chi connectivity index (χ3v) is 5.67. The van der Waals surface area contributed by atoms with Crippen LogP contribution >= 0.6 is 0 Å². The first-order chi connectivity index (χ1) is 17.4. The van der Waals surface area contributed by atoms with Crippen molar-refractivity contribution in [3.05, 3.63) is 89.7 Å². The first kappa shape index (κ1) is 30.0. The van der Waals surface area contributed by atoms with E-state index in [9.17, 15) is 0 Å². The molecule has 2 aromatic carbocycles. The van der Waals surface area contributed by atoms with Gasteiger partial charge in [-0.05, 0) is 36.1 Å². The normalized spacial score (nSPS) is 10.0. The van der Waals surface area contributed by atoms with Gasteiger partial charge in [-0.1, -0.05) is 26.0 Å². The van der Waals surface area contributed by atoms with E-state index in [1.807, 2.05) is 83.8 Å². The van der Waals surface area contributed by atoms with E-state index in [4.69, 9.17) is 9.47 Å². The average Bonchev–Trinajstić information content (AvgIpc) is 2.89. The van der Waals surface area contributed by atoms with Gasteiger partial charge in [0.05, 0.1) is 14.2 Å². The summed E-state index contributed by atoms with van der Waals surface area (Å²) >= 11 is 0. The van der Waals surface area contributed by atoms with Crippen molar-refractivity contribution in [2.75, 3.05) is 40.3 Å². The van der Waals surface area contributed by atoms with Gasteiger partial charge in [0, 0.05) is 50.2 Å². The molecule has 7 heteroatoms. The van der Waals surface area contributed by atoms with Crippen LogP contribution in [0, 0.1) is 26.0 Å². The Labute approximate surface area is 235 Å². The minimum atomic E-state index is 0. The molecule has 0 aliphatic carbocycles. The molecule has 2 aromatic heterocycles. The molecule has 2 heterocycles. The summed E-state index contributed by atoms with van der Waals surface area (Å²) in [7, 11) is 9.29. The summed E-state index contributed by atoms with van der Waals surface area (Å²) in [6.07, 6.45) is 3.65. The van der Waals surface area contributed by atoms with Gasteiger partial charge in [0.25, 0.3) is 0 Å². The van der Waals surface area contributed by atoms with E-state index < -0.39 is 0 Å². The molecule has 6 nitrogen and oxygen atoms in total. The molecule has 0 spiro atoms. The van der Waals surface area contributed by atoms with Gasteiger partial charge >= 0.3 is 21.1 Å². The predicted octanol–water partition coefficient (Wildman–Crippen LogP) is 5.51. The van der Waals surface area contributed by atoms with Gasteiger partial charge in [0.2, 0.25) is 0 Å². The fourth-order valence-electron chi connectivity index (χ4n) is 3.72. The molecule has 0 atom stereocenters. The van der Waals surface area contributed by atoms with E-state index in [2.05, 4.69) is 44.5 Å². The molecule has 0 amide bonds. The van der Waals surface area contributed by atoms with Gasteiger partial charge in [0.15, 0.2) is 0 Å². The molecule has 0 saturated heterocycles. The smallest absolute Gasteiger partial charge is 0.540 e. The summed E-state index contributed by atoms with van der Waals surface area (Å²) in [5.41, 5.74) is 8.48. The fraction of sp³-hybridized carbons (Fsp3) is 0.267. The van der Waals surface area contributed by atoms with E-state index in [-0.39, 0.29) is 21.1 Å². The average molecular weight is 678 g/mol. The fourth-order valence-corrected chi connectivity index (χ4v) is 3.72. The van der Waals surface area contributed by atoms with Crippen LogP contribution in [0.5, 0.6) is 11.5 Å². The SMILES string of the molecule is CNCc1ccnc(-c2[c-]cc(OC)cc2C)c1.COc1c[c-]c(-c2cc(N(C)C)ccn2)c(C)c1.[Pt+2]. The second-order valence-corrected chi connectivity index (χ2v) is 8.57. The number of rotatable bonds is 7. The van der Waals surface area contributed by atoms with Gasteiger partial charge in [-0.2, -0.15) is 0 Å². The Balaban J connectivity index is 0.000000253. The zero-order chi connectivity index (χ0) is 26.1. The van der Waals surface area contributed by atoms with Crippen LogP contribution in [0.3, 0.4) is 0 Å². The summed E-state index contributed by atoms with van der Waals surface area (Å²) in [5.74, 6) is 1.64. The number of ether oxygens (including phenoxy) is 2. The maximum atomic E-state index is 5.19. The second-order valence-electron chi connectivity index (χ2n) is 8.57. The van der Waals surface area contributed by atoms with Crippen molar-refractivity contribution in [3.63, 3.8) is 0 Å². The molecule has 4 rings (SSSR count). The minimum Gasteiger partial charge on any atom is -0.540 e. The Morgan fingerprint density at radius 1 is 0.811 bits per heavy atom. The Bertz CT molecular complexity index is 1290. The van der Waals surface area contributed by atoms with Gasteiger partial charge in [-0.3, -0.25) is 0 Å². The van der Waals surface area contributed by atoms with Crippen molar-refractivity contribution in [3.8, 4) is 34.0 Å². The standard InChI is InChI=1S/2C15H17N2O.Pt/c1-11-9-13(18-4)5-6-14(11)15-10-12(17(2)3)7-8-16-15;1-11-8-13(18-3)4-5-14(11)15-9-12(10-16-2)6-7-17-15;/h5,7-10H,1-4H3;4,6-9,16H,10H2,1-3H3;/q2*-1;+2. The number of benzene rings is 2. The molecule has 1 N–H and O–H groups in total. The number of hydrogen-bond acceptors (Lipinski definition) is 6. The summed E-state index contributed by atoms with van der Waals surface area (Å²) < 4.78 is 10.4. The molecule has 37 heavy (non-hydrogen) atoms. The van der Waals surface area contributed by atoms with E-state index in [0.717, 1.165) is 57.4 Å². The molecule has 0 saturated carbocycles. The maximum absolute atomic E-state index is 5.19. The van der Waals surface area contributed by atoms with Crippen molar-refractivity contribution >= 4 is 5.69 Å². The molecular formula is C30H34N4O2Pt. The van der Waals surface area contributed by atoms with Crippen LogP contribution in [0.2, 0.25) is 0 Å². The molecule has 0 aliphatic heterocycles. The van der Waals surface area contributed by atoms with Crippen molar-refractivity contribution < 1.29 is 30.5 Å². The van der Waals surface area contributed by atoms with Crippen LogP contribution < -0.4 is 19.7 Å². The van der Waals surface area contributed by atoms with Crippen LogP contribution in [0.1, 0.15) is 16.7 Å². The molecule has 0 radical (unpaired) electrons. The van der Waals surface area contributed by atoms with E-state index in [1.54, 1.807) is 14.2 Å². The third kappa shape index (κ3) is 8.14. The summed E-state index contributed by atoms with van der Waals surface area (Å²) in [6.45, 7) is 4.92. The molecule has 196 valence electrons. The summed E-state index contributed by atoms with van der Waals surface area (Å²) in [5, 5.41) is 3.14. The largest absolute Gasteiger partial charge is 2.00 e. The van der Waals surface area contributed by atoms with Crippen LogP contribution in [0.25, 0.3) is 22.5 Å². The van der Waals surface area contributed by atoms with Crippen LogP contribution in [0.15, 0.2) is 60.9 Å². The van der Waals surface area contributed by atoms with E-state index in [0.29, 0.717) is 0 Å². The van der Waals surface area contributed by atoms with Crippen molar-refractivity contribution in [1.29, 1.82) is 0 Å². The number of aryl methyl sites for hydroxylation is 2. The van der Waals surface area contributed by atoms with Crippen molar-refractivity contribution in [2.24, 2.45) is 0 Å². The number of methoxy groups -OCH3 is 2. The Kier molecular flexibility index (Phi) is 11.8. The first-order valence-electron chi connectivity index (χ1n) is 11.7. The van der Waals surface area contributed by atoms with Gasteiger partial charge in [-0.15, -0.1) is 58.7 Å². The number of hydrogen-bond donors (Lipinski definition) is 1. The number of nitrogens with zero attached hydrogens (tertiary/aromatic N) is 3. The Morgan fingerprint density at radius 2 is 1.32 bits per heavy atom. The van der Waals surface area contributed by atoms with Crippen LogP contribution in [-0.4, -0.2) is 45.3 Å². The maximum Gasteiger partial charge on any atom is 2.00 e. The topological polar surface area (TPSA) is 59.5 Å². The molecule has 0 bridgehead atoms. The quantitative estimate of drug-likeness (QED) is 0.261. The monoisotopic (exact) mass is 677 g/mol. The van der Waals surface area contributed by atoms with Gasteiger partial charge in [0.1, 0.15) is 0 Å². The van der Waals surface area contributed by atoms with Crippen LogP contribution in [0.4, 0.5) is 5.69 Å². The minimum absolute atomic E-state index is 0. The van der Waals surface area contributed by atoms with Gasteiger partial charge in [-0.25, -0.2) is 0 Å². The number of anilines is 1. The molecule has 0 fully saturated rings. The number of nitrogens with one attached hydrogen (secondary N) is 1. The summed E-state index contributed by atoms with van der Waals surface area (Å²) in [6, 6.07) is 22.3. The number of aromatic nitrogens is 2. The van der Waals surface area contributed by atoms with Crippen LogP contribution in [-0.2, 0) is 27.6 Å². The second kappa shape index (κ2) is 14.5. The Morgan fingerprint density at radius 3 is 1.78 bits per heavy atom. The van der Waals surface area contributed by atoms with Crippen molar-refractivity contribution in [2.45, 2.75) is 20.4 Å².